The maximum absolute atomic E-state index is 12.2. The molecule has 8 nitrogen and oxygen atoms in total. The first-order chi connectivity index (χ1) is 14.8. The number of halogens is 1. The third kappa shape index (κ3) is 7.99. The number of aromatic nitrogens is 2. The standard InChI is InChI=1S/C23H34N6O2.HI/c1-23(2,3)31-22(30)29-16-14-28(15-17-29)21(24)26-18-20-25-11-13-27(20)12-7-10-19-8-5-4-6-9-19;/h4-6,8-9,11,13H,7,10,12,14-18H2,1-3H3,(H2,24,26);1H. The van der Waals surface area contributed by atoms with Crippen LogP contribution in [0.1, 0.15) is 38.6 Å². The van der Waals surface area contributed by atoms with E-state index >= 15 is 0 Å². The van der Waals surface area contributed by atoms with Gasteiger partial charge in [0.2, 0.25) is 0 Å². The SMILES string of the molecule is CC(C)(C)OC(=O)N1CCN(C(N)=NCc2nccn2CCCc2ccccc2)CC1.I. The molecule has 0 bridgehead atoms. The van der Waals surface area contributed by atoms with Crippen molar-refractivity contribution in [2.45, 2.75) is 52.3 Å². The van der Waals surface area contributed by atoms with Crippen LogP contribution in [0.3, 0.4) is 0 Å². The van der Waals surface area contributed by atoms with Crippen LogP contribution in [0.25, 0.3) is 0 Å². The second kappa shape index (κ2) is 12.1. The molecule has 2 aromatic rings. The Labute approximate surface area is 207 Å². The van der Waals surface area contributed by atoms with E-state index in [-0.39, 0.29) is 30.1 Å². The fraction of sp³-hybridized carbons (Fsp3) is 0.522. The summed E-state index contributed by atoms with van der Waals surface area (Å²) >= 11 is 0. The van der Waals surface area contributed by atoms with E-state index in [1.807, 2.05) is 44.1 Å². The Balaban J connectivity index is 0.00000363. The lowest BCUT2D eigenvalue weighted by Crippen LogP contribution is -2.53. The van der Waals surface area contributed by atoms with Crippen LogP contribution in [0, 0.1) is 0 Å². The Kier molecular flexibility index (Phi) is 9.80. The zero-order chi connectivity index (χ0) is 22.3. The van der Waals surface area contributed by atoms with Crippen molar-refractivity contribution in [2.75, 3.05) is 26.2 Å². The molecular weight excluding hydrogens is 519 g/mol. The summed E-state index contributed by atoms with van der Waals surface area (Å²) in [6, 6.07) is 10.5. The highest BCUT2D eigenvalue weighted by Crippen LogP contribution is 2.12. The summed E-state index contributed by atoms with van der Waals surface area (Å²) in [6.07, 6.45) is 5.60. The number of benzene rings is 1. The van der Waals surface area contributed by atoms with Gasteiger partial charge >= 0.3 is 6.09 Å². The second-order valence-electron chi connectivity index (χ2n) is 8.75. The molecule has 1 aromatic carbocycles. The first-order valence-electron chi connectivity index (χ1n) is 10.9. The zero-order valence-corrected chi connectivity index (χ0v) is 21.6. The first kappa shape index (κ1) is 26.0. The van der Waals surface area contributed by atoms with Gasteiger partial charge in [-0.25, -0.2) is 14.8 Å². The number of rotatable bonds is 6. The maximum Gasteiger partial charge on any atom is 0.410 e. The average molecular weight is 554 g/mol. The number of hydrogen-bond donors (Lipinski definition) is 1. The third-order valence-electron chi connectivity index (χ3n) is 5.15. The molecule has 32 heavy (non-hydrogen) atoms. The molecule has 1 saturated heterocycles. The van der Waals surface area contributed by atoms with Crippen LogP contribution >= 0.6 is 24.0 Å². The number of hydrogen-bond acceptors (Lipinski definition) is 4. The van der Waals surface area contributed by atoms with Gasteiger partial charge in [-0.05, 0) is 39.2 Å². The normalized spacial score (nSPS) is 14.8. The van der Waals surface area contributed by atoms with Gasteiger partial charge in [-0.3, -0.25) is 0 Å². The number of ether oxygens (including phenoxy) is 1. The monoisotopic (exact) mass is 554 g/mol. The summed E-state index contributed by atoms with van der Waals surface area (Å²) < 4.78 is 7.58. The second-order valence-corrected chi connectivity index (χ2v) is 8.75. The highest BCUT2D eigenvalue weighted by molar-refractivity contribution is 14.0. The predicted octanol–water partition coefficient (Wildman–Crippen LogP) is 3.50. The molecule has 0 spiro atoms. The molecule has 0 aliphatic carbocycles. The fourth-order valence-corrected chi connectivity index (χ4v) is 3.49. The van der Waals surface area contributed by atoms with Crippen molar-refractivity contribution < 1.29 is 9.53 Å². The number of nitrogens with two attached hydrogens (primary N) is 1. The molecule has 1 amide bonds. The number of carbonyl (C=O) groups is 1. The van der Waals surface area contributed by atoms with Crippen molar-refractivity contribution in [3.63, 3.8) is 0 Å². The van der Waals surface area contributed by atoms with Gasteiger partial charge < -0.3 is 24.8 Å². The van der Waals surface area contributed by atoms with E-state index < -0.39 is 5.60 Å². The van der Waals surface area contributed by atoms with Crippen molar-refractivity contribution in [1.29, 1.82) is 0 Å². The number of amides is 1. The number of aliphatic imine (C=N–C) groups is 1. The highest BCUT2D eigenvalue weighted by atomic mass is 127. The van der Waals surface area contributed by atoms with Crippen LogP contribution in [0.2, 0.25) is 0 Å². The summed E-state index contributed by atoms with van der Waals surface area (Å²) in [7, 11) is 0. The Morgan fingerprint density at radius 2 is 1.78 bits per heavy atom. The van der Waals surface area contributed by atoms with Gasteiger partial charge in [0.05, 0.1) is 0 Å². The zero-order valence-electron chi connectivity index (χ0n) is 19.2. The van der Waals surface area contributed by atoms with Crippen LogP contribution in [0.5, 0.6) is 0 Å². The summed E-state index contributed by atoms with van der Waals surface area (Å²) in [6.45, 7) is 9.37. The maximum atomic E-state index is 12.2. The fourth-order valence-electron chi connectivity index (χ4n) is 3.49. The molecule has 1 aliphatic rings. The minimum atomic E-state index is -0.488. The smallest absolute Gasteiger partial charge is 0.410 e. The van der Waals surface area contributed by atoms with Gasteiger partial charge in [0.1, 0.15) is 18.0 Å². The van der Waals surface area contributed by atoms with E-state index in [2.05, 4.69) is 38.8 Å². The number of piperazine rings is 1. The Bertz CT molecular complexity index is 870. The van der Waals surface area contributed by atoms with Gasteiger partial charge in [-0.15, -0.1) is 24.0 Å². The molecule has 0 radical (unpaired) electrons. The average Bonchev–Trinajstić information content (AvgIpc) is 3.19. The van der Waals surface area contributed by atoms with E-state index in [1.54, 1.807) is 4.90 Å². The summed E-state index contributed by atoms with van der Waals surface area (Å²) in [4.78, 5) is 24.9. The number of nitrogens with zero attached hydrogens (tertiary/aromatic N) is 5. The van der Waals surface area contributed by atoms with Gasteiger partial charge in [0, 0.05) is 45.1 Å². The predicted molar refractivity (Wildman–Crippen MR) is 137 cm³/mol. The first-order valence-corrected chi connectivity index (χ1v) is 10.9. The largest absolute Gasteiger partial charge is 0.444 e. The van der Waals surface area contributed by atoms with Gasteiger partial charge in [-0.2, -0.15) is 0 Å². The van der Waals surface area contributed by atoms with E-state index in [1.165, 1.54) is 5.56 Å². The number of carbonyl (C=O) groups excluding carboxylic acids is 1. The van der Waals surface area contributed by atoms with E-state index in [9.17, 15) is 4.79 Å². The molecule has 9 heteroatoms. The minimum Gasteiger partial charge on any atom is -0.444 e. The molecule has 2 N–H and O–H groups in total. The quantitative estimate of drug-likeness (QED) is 0.336. The van der Waals surface area contributed by atoms with Crippen LogP contribution in [0.4, 0.5) is 4.79 Å². The molecule has 1 aliphatic heterocycles. The molecule has 0 unspecified atom stereocenters. The van der Waals surface area contributed by atoms with Crippen molar-refractivity contribution >= 4 is 36.0 Å². The highest BCUT2D eigenvalue weighted by Gasteiger charge is 2.26. The number of imidazole rings is 1. The lowest BCUT2D eigenvalue weighted by atomic mass is 10.1. The molecule has 2 heterocycles. The van der Waals surface area contributed by atoms with Crippen molar-refractivity contribution in [2.24, 2.45) is 10.7 Å². The molecule has 1 aromatic heterocycles. The van der Waals surface area contributed by atoms with Crippen LogP contribution in [-0.4, -0.2) is 63.2 Å². The van der Waals surface area contributed by atoms with Crippen molar-refractivity contribution in [1.82, 2.24) is 19.4 Å². The Morgan fingerprint density at radius 3 is 2.44 bits per heavy atom. The summed E-state index contributed by atoms with van der Waals surface area (Å²) in [5.41, 5.74) is 7.07. The molecular formula is C23H35IN6O2. The minimum absolute atomic E-state index is 0. The van der Waals surface area contributed by atoms with Crippen LogP contribution in [0.15, 0.2) is 47.7 Å². The van der Waals surface area contributed by atoms with Crippen LogP contribution in [-0.2, 0) is 24.2 Å². The summed E-state index contributed by atoms with van der Waals surface area (Å²) in [5.74, 6) is 1.39. The molecule has 3 rings (SSSR count). The van der Waals surface area contributed by atoms with Crippen molar-refractivity contribution in [3.8, 4) is 0 Å². The molecule has 176 valence electrons. The lowest BCUT2D eigenvalue weighted by Gasteiger charge is -2.36. The Morgan fingerprint density at radius 1 is 1.12 bits per heavy atom. The van der Waals surface area contributed by atoms with E-state index in [0.717, 1.165) is 25.2 Å². The molecule has 0 atom stereocenters. The van der Waals surface area contributed by atoms with Crippen molar-refractivity contribution in [3.05, 3.63) is 54.1 Å². The molecule has 1 fully saturated rings. The number of aryl methyl sites for hydroxylation is 2. The van der Waals surface area contributed by atoms with Gasteiger partial charge in [0.15, 0.2) is 5.96 Å². The lowest BCUT2D eigenvalue weighted by molar-refractivity contribution is 0.0186. The Hall–Kier alpha value is -2.30. The van der Waals surface area contributed by atoms with Gasteiger partial charge in [-0.1, -0.05) is 30.3 Å². The topological polar surface area (TPSA) is 89.0 Å². The van der Waals surface area contributed by atoms with E-state index in [0.29, 0.717) is 38.7 Å². The third-order valence-corrected chi connectivity index (χ3v) is 5.15. The molecule has 0 saturated carbocycles. The number of guanidine groups is 1. The van der Waals surface area contributed by atoms with E-state index in [4.69, 9.17) is 10.5 Å². The van der Waals surface area contributed by atoms with Crippen LogP contribution < -0.4 is 5.73 Å². The van der Waals surface area contributed by atoms with Gasteiger partial charge in [0.25, 0.3) is 0 Å². The summed E-state index contributed by atoms with van der Waals surface area (Å²) in [5, 5.41) is 0.